The molecule has 0 radical (unpaired) electrons. The number of pyridine rings is 1. The molecular weight excluding hydrogens is 431 g/mol. The van der Waals surface area contributed by atoms with E-state index < -0.39 is 11.9 Å². The minimum Gasteiger partial charge on any atom is -0.452 e. The molecule has 5 nitrogen and oxygen atoms in total. The standard InChI is InChI=1S/C28H31FN2O3/c1-4-28(2,3)19-11-14-24-22(15-19)26(21-7-5-6-8-23(21)31-24)27(33)34-17-25(32)30-16-18-9-12-20(29)13-10-18/h5-10,12-13,19H,4,11,14-17H2,1-3H3,(H,30,32). The van der Waals surface area contributed by atoms with Gasteiger partial charge in [-0.2, -0.15) is 0 Å². The number of esters is 1. The first-order valence-electron chi connectivity index (χ1n) is 11.9. The van der Waals surface area contributed by atoms with Crippen molar-refractivity contribution in [1.82, 2.24) is 10.3 Å². The normalized spacial score (nSPS) is 15.6. The van der Waals surface area contributed by atoms with Crippen LogP contribution in [-0.4, -0.2) is 23.5 Å². The van der Waals surface area contributed by atoms with Crippen LogP contribution >= 0.6 is 0 Å². The Morgan fingerprint density at radius 1 is 1.15 bits per heavy atom. The maximum absolute atomic E-state index is 13.3. The quantitative estimate of drug-likeness (QED) is 0.478. The number of ether oxygens (including phenoxy) is 1. The van der Waals surface area contributed by atoms with Crippen molar-refractivity contribution in [2.75, 3.05) is 6.61 Å². The fourth-order valence-corrected chi connectivity index (χ4v) is 4.63. The molecule has 1 aliphatic carbocycles. The van der Waals surface area contributed by atoms with Gasteiger partial charge in [0, 0.05) is 17.6 Å². The van der Waals surface area contributed by atoms with Gasteiger partial charge >= 0.3 is 5.97 Å². The predicted molar refractivity (Wildman–Crippen MR) is 130 cm³/mol. The molecule has 3 aromatic rings. The maximum Gasteiger partial charge on any atom is 0.339 e. The molecule has 2 aromatic carbocycles. The first-order chi connectivity index (χ1) is 16.3. The number of rotatable bonds is 7. The third-order valence-corrected chi connectivity index (χ3v) is 7.22. The summed E-state index contributed by atoms with van der Waals surface area (Å²) in [5.41, 5.74) is 4.12. The van der Waals surface area contributed by atoms with Crippen LogP contribution in [0.2, 0.25) is 0 Å². The van der Waals surface area contributed by atoms with E-state index >= 15 is 0 Å². The average molecular weight is 463 g/mol. The Hall–Kier alpha value is -3.28. The van der Waals surface area contributed by atoms with Gasteiger partial charge in [0.15, 0.2) is 6.61 Å². The fraction of sp³-hybridized carbons (Fsp3) is 0.393. The van der Waals surface area contributed by atoms with Crippen molar-refractivity contribution in [2.45, 2.75) is 53.0 Å². The molecule has 0 spiro atoms. The van der Waals surface area contributed by atoms with E-state index in [4.69, 9.17) is 9.72 Å². The number of hydrogen-bond donors (Lipinski definition) is 1. The summed E-state index contributed by atoms with van der Waals surface area (Å²) >= 11 is 0. The van der Waals surface area contributed by atoms with Crippen molar-refractivity contribution in [3.63, 3.8) is 0 Å². The molecule has 1 unspecified atom stereocenters. The largest absolute Gasteiger partial charge is 0.452 e. The first kappa shape index (κ1) is 23.9. The van der Waals surface area contributed by atoms with Crippen LogP contribution in [0.5, 0.6) is 0 Å². The zero-order chi connectivity index (χ0) is 24.3. The zero-order valence-electron chi connectivity index (χ0n) is 20.0. The summed E-state index contributed by atoms with van der Waals surface area (Å²) in [4.78, 5) is 30.5. The maximum atomic E-state index is 13.3. The van der Waals surface area contributed by atoms with E-state index in [0.717, 1.165) is 53.4 Å². The highest BCUT2D eigenvalue weighted by atomic mass is 19.1. The minimum atomic E-state index is -0.498. The number of aryl methyl sites for hydroxylation is 1. The lowest BCUT2D eigenvalue weighted by atomic mass is 9.68. The van der Waals surface area contributed by atoms with Crippen molar-refractivity contribution >= 4 is 22.8 Å². The van der Waals surface area contributed by atoms with Crippen LogP contribution in [0.15, 0.2) is 48.5 Å². The van der Waals surface area contributed by atoms with Crippen LogP contribution in [0, 0.1) is 17.2 Å². The SMILES string of the molecule is CCC(C)(C)C1CCc2nc3ccccc3c(C(=O)OCC(=O)NCc3ccc(F)cc3)c2C1. The van der Waals surface area contributed by atoms with E-state index in [0.29, 0.717) is 11.5 Å². The summed E-state index contributed by atoms with van der Waals surface area (Å²) in [5, 5.41) is 3.47. The summed E-state index contributed by atoms with van der Waals surface area (Å²) in [6.45, 7) is 6.61. The van der Waals surface area contributed by atoms with Crippen LogP contribution in [0.3, 0.4) is 0 Å². The Morgan fingerprint density at radius 3 is 2.62 bits per heavy atom. The van der Waals surface area contributed by atoms with E-state index in [1.807, 2.05) is 24.3 Å². The Balaban J connectivity index is 1.53. The molecule has 0 saturated heterocycles. The van der Waals surface area contributed by atoms with Crippen LogP contribution in [-0.2, 0) is 28.9 Å². The number of nitrogens with zero attached hydrogens (tertiary/aromatic N) is 1. The van der Waals surface area contributed by atoms with Crippen molar-refractivity contribution in [1.29, 1.82) is 0 Å². The van der Waals surface area contributed by atoms with Crippen LogP contribution in [0.25, 0.3) is 10.9 Å². The Labute approximate surface area is 199 Å². The van der Waals surface area contributed by atoms with Gasteiger partial charge in [0.05, 0.1) is 11.1 Å². The first-order valence-corrected chi connectivity index (χ1v) is 11.9. The number of aromatic nitrogens is 1. The van der Waals surface area contributed by atoms with Crippen molar-refractivity contribution in [3.8, 4) is 0 Å². The summed E-state index contributed by atoms with van der Waals surface area (Å²) in [6.07, 6.45) is 3.70. The summed E-state index contributed by atoms with van der Waals surface area (Å²) in [6, 6.07) is 13.5. The number of hydrogen-bond acceptors (Lipinski definition) is 4. The van der Waals surface area contributed by atoms with Crippen LogP contribution in [0.4, 0.5) is 4.39 Å². The van der Waals surface area contributed by atoms with E-state index in [2.05, 4.69) is 26.1 Å². The fourth-order valence-electron chi connectivity index (χ4n) is 4.63. The average Bonchev–Trinajstić information content (AvgIpc) is 2.85. The summed E-state index contributed by atoms with van der Waals surface area (Å²) in [7, 11) is 0. The highest BCUT2D eigenvalue weighted by Gasteiger charge is 2.34. The molecule has 0 saturated carbocycles. The molecule has 1 aliphatic rings. The van der Waals surface area contributed by atoms with Crippen molar-refractivity contribution < 1.29 is 18.7 Å². The highest BCUT2D eigenvalue weighted by molar-refractivity contribution is 6.05. The minimum absolute atomic E-state index is 0.157. The van der Waals surface area contributed by atoms with E-state index in [1.54, 1.807) is 12.1 Å². The van der Waals surface area contributed by atoms with Gasteiger partial charge in [-0.1, -0.05) is 57.5 Å². The van der Waals surface area contributed by atoms with Gasteiger partial charge in [0.2, 0.25) is 0 Å². The van der Waals surface area contributed by atoms with Gasteiger partial charge in [0.1, 0.15) is 5.82 Å². The molecule has 1 aromatic heterocycles. The van der Waals surface area contributed by atoms with E-state index in [9.17, 15) is 14.0 Å². The highest BCUT2D eigenvalue weighted by Crippen LogP contribution is 2.41. The predicted octanol–water partition coefficient (Wildman–Crippen LogP) is 5.39. The molecule has 1 amide bonds. The van der Waals surface area contributed by atoms with Crippen LogP contribution < -0.4 is 5.32 Å². The number of amides is 1. The molecule has 0 fully saturated rings. The van der Waals surface area contributed by atoms with E-state index in [1.165, 1.54) is 12.1 Å². The topological polar surface area (TPSA) is 68.3 Å². The lowest BCUT2D eigenvalue weighted by Crippen LogP contribution is -2.31. The number of halogens is 1. The molecule has 4 rings (SSSR count). The molecule has 6 heteroatoms. The van der Waals surface area contributed by atoms with Gasteiger partial charge in [-0.05, 0) is 59.9 Å². The van der Waals surface area contributed by atoms with Crippen LogP contribution in [0.1, 0.15) is 60.8 Å². The molecule has 1 N–H and O–H groups in total. The third-order valence-electron chi connectivity index (χ3n) is 7.22. The molecule has 0 aliphatic heterocycles. The van der Waals surface area contributed by atoms with Gasteiger partial charge in [0.25, 0.3) is 5.91 Å². The summed E-state index contributed by atoms with van der Waals surface area (Å²) < 4.78 is 18.5. The second-order valence-corrected chi connectivity index (χ2v) is 9.69. The third kappa shape index (κ3) is 5.11. The number of carbonyl (C=O) groups excluding carboxylic acids is 2. The van der Waals surface area contributed by atoms with Gasteiger partial charge in [-0.15, -0.1) is 0 Å². The number of carbonyl (C=O) groups is 2. The zero-order valence-corrected chi connectivity index (χ0v) is 20.0. The molecule has 0 bridgehead atoms. The molecular formula is C28H31FN2O3. The molecule has 178 valence electrons. The molecule has 1 atom stereocenters. The summed E-state index contributed by atoms with van der Waals surface area (Å²) in [5.74, 6) is -0.795. The smallest absolute Gasteiger partial charge is 0.339 e. The monoisotopic (exact) mass is 462 g/mol. The number of nitrogens with one attached hydrogen (secondary N) is 1. The Kier molecular flexibility index (Phi) is 6.96. The van der Waals surface area contributed by atoms with Crippen molar-refractivity contribution in [2.24, 2.45) is 11.3 Å². The second kappa shape index (κ2) is 9.92. The number of benzene rings is 2. The number of fused-ring (bicyclic) bond motifs is 2. The Bertz CT molecular complexity index is 1200. The van der Waals surface area contributed by atoms with Gasteiger partial charge in [-0.3, -0.25) is 9.78 Å². The number of para-hydroxylation sites is 1. The van der Waals surface area contributed by atoms with Gasteiger partial charge < -0.3 is 10.1 Å². The molecule has 34 heavy (non-hydrogen) atoms. The van der Waals surface area contributed by atoms with E-state index in [-0.39, 0.29) is 24.4 Å². The lowest BCUT2D eigenvalue weighted by Gasteiger charge is -2.37. The second-order valence-electron chi connectivity index (χ2n) is 9.69. The Morgan fingerprint density at radius 2 is 1.88 bits per heavy atom. The molecule has 1 heterocycles. The van der Waals surface area contributed by atoms with Crippen molar-refractivity contribution in [3.05, 3.63) is 76.7 Å². The lowest BCUT2D eigenvalue weighted by molar-refractivity contribution is -0.124. The van der Waals surface area contributed by atoms with Gasteiger partial charge in [-0.25, -0.2) is 9.18 Å².